The molecule has 1 aliphatic carbocycles. The largest absolute Gasteiger partial charge is 0.493 e. The molecule has 39 heavy (non-hydrogen) atoms. The minimum atomic E-state index is -0.558. The lowest BCUT2D eigenvalue weighted by atomic mass is 10.0. The van der Waals surface area contributed by atoms with Gasteiger partial charge in [0.1, 0.15) is 0 Å². The molecular formula is C29H36N2O8. The van der Waals surface area contributed by atoms with E-state index in [9.17, 15) is 14.7 Å². The van der Waals surface area contributed by atoms with E-state index in [2.05, 4.69) is 0 Å². The number of hydrogen-bond donors (Lipinski definition) is 1. The Morgan fingerprint density at radius 2 is 1.46 bits per heavy atom. The molecule has 2 aromatic rings. The van der Waals surface area contributed by atoms with Crippen LogP contribution in [0.15, 0.2) is 29.8 Å². The summed E-state index contributed by atoms with van der Waals surface area (Å²) in [6, 6.07) is 6.49. The van der Waals surface area contributed by atoms with E-state index >= 15 is 0 Å². The number of methoxy groups -OCH3 is 5. The Morgan fingerprint density at radius 3 is 2.05 bits per heavy atom. The predicted molar refractivity (Wildman–Crippen MR) is 145 cm³/mol. The monoisotopic (exact) mass is 540 g/mol. The van der Waals surface area contributed by atoms with E-state index in [-0.39, 0.29) is 31.5 Å². The molecule has 1 fully saturated rings. The molecule has 1 heterocycles. The second-order valence-electron chi connectivity index (χ2n) is 9.43. The number of aliphatic hydroxyl groups is 1. The van der Waals surface area contributed by atoms with Crippen LogP contribution in [0.3, 0.4) is 0 Å². The quantitative estimate of drug-likeness (QED) is 0.545. The third-order valence-electron chi connectivity index (χ3n) is 7.30. The Bertz CT molecular complexity index is 1230. The number of piperazine rings is 1. The molecular weight excluding hydrogens is 504 g/mol. The molecule has 0 radical (unpaired) electrons. The molecule has 1 saturated heterocycles. The van der Waals surface area contributed by atoms with Crippen LogP contribution in [0.1, 0.15) is 34.3 Å². The molecule has 2 aromatic carbocycles. The van der Waals surface area contributed by atoms with Gasteiger partial charge in [-0.2, -0.15) is 0 Å². The Morgan fingerprint density at radius 1 is 0.821 bits per heavy atom. The van der Waals surface area contributed by atoms with Gasteiger partial charge in [-0.3, -0.25) is 9.59 Å². The highest BCUT2D eigenvalue weighted by molar-refractivity contribution is 5.99. The smallest absolute Gasteiger partial charge is 0.254 e. The maximum Gasteiger partial charge on any atom is 0.254 e. The molecule has 10 heteroatoms. The van der Waals surface area contributed by atoms with Gasteiger partial charge >= 0.3 is 0 Å². The number of hydrogen-bond acceptors (Lipinski definition) is 8. The van der Waals surface area contributed by atoms with Crippen molar-refractivity contribution >= 4 is 17.9 Å². The maximum absolute atomic E-state index is 13.6. The van der Waals surface area contributed by atoms with Crippen molar-refractivity contribution in [3.8, 4) is 28.7 Å². The van der Waals surface area contributed by atoms with Crippen LogP contribution in [0.5, 0.6) is 28.7 Å². The van der Waals surface area contributed by atoms with Gasteiger partial charge in [-0.1, -0.05) is 0 Å². The average Bonchev–Trinajstić information content (AvgIpc) is 3.20. The van der Waals surface area contributed by atoms with Gasteiger partial charge in [-0.25, -0.2) is 0 Å². The number of carbonyl (C=O) groups excluding carboxylic acids is 2. The molecule has 0 spiro atoms. The topological polar surface area (TPSA) is 107 Å². The lowest BCUT2D eigenvalue weighted by Crippen LogP contribution is -2.58. The summed E-state index contributed by atoms with van der Waals surface area (Å²) in [5, 5.41) is 10.2. The normalized spacial score (nSPS) is 17.0. The lowest BCUT2D eigenvalue weighted by Gasteiger charge is -2.41. The van der Waals surface area contributed by atoms with Crippen LogP contribution in [0.25, 0.3) is 6.08 Å². The number of fused-ring (bicyclic) bond motifs is 1. The number of benzene rings is 2. The van der Waals surface area contributed by atoms with Crippen LogP contribution < -0.4 is 23.7 Å². The Kier molecular flexibility index (Phi) is 8.86. The summed E-state index contributed by atoms with van der Waals surface area (Å²) >= 11 is 0. The summed E-state index contributed by atoms with van der Waals surface area (Å²) in [6.07, 6.45) is 4.20. The van der Waals surface area contributed by atoms with Crippen LogP contribution in [-0.4, -0.2) is 94.6 Å². The van der Waals surface area contributed by atoms with E-state index < -0.39 is 6.04 Å². The first-order chi connectivity index (χ1) is 18.9. The minimum Gasteiger partial charge on any atom is -0.493 e. The zero-order chi connectivity index (χ0) is 28.1. The summed E-state index contributed by atoms with van der Waals surface area (Å²) < 4.78 is 27.0. The summed E-state index contributed by atoms with van der Waals surface area (Å²) in [5.41, 5.74) is 3.07. The minimum absolute atomic E-state index is 0.0871. The van der Waals surface area contributed by atoms with Gasteiger partial charge in [0, 0.05) is 30.8 Å². The number of ether oxygens (including phenoxy) is 5. The number of nitrogens with zero attached hydrogens (tertiary/aromatic N) is 2. The van der Waals surface area contributed by atoms with E-state index in [0.29, 0.717) is 52.8 Å². The fourth-order valence-electron chi connectivity index (χ4n) is 5.22. The van der Waals surface area contributed by atoms with Crippen molar-refractivity contribution in [2.75, 3.05) is 61.8 Å². The van der Waals surface area contributed by atoms with Crippen molar-refractivity contribution in [3.05, 3.63) is 46.5 Å². The fraction of sp³-hybridized carbons (Fsp3) is 0.448. The summed E-state index contributed by atoms with van der Waals surface area (Å²) in [7, 11) is 7.66. The average molecular weight is 541 g/mol. The molecule has 0 saturated carbocycles. The van der Waals surface area contributed by atoms with Gasteiger partial charge in [-0.15, -0.1) is 0 Å². The molecule has 2 aliphatic rings. The van der Waals surface area contributed by atoms with E-state index in [4.69, 9.17) is 23.7 Å². The molecule has 0 bridgehead atoms. The molecule has 10 nitrogen and oxygen atoms in total. The van der Waals surface area contributed by atoms with E-state index in [1.807, 2.05) is 18.2 Å². The second kappa shape index (κ2) is 12.3. The number of aliphatic hydroxyl groups excluding tert-OH is 1. The van der Waals surface area contributed by atoms with Crippen molar-refractivity contribution in [2.24, 2.45) is 0 Å². The van der Waals surface area contributed by atoms with Gasteiger partial charge in [0.15, 0.2) is 23.0 Å². The van der Waals surface area contributed by atoms with Crippen molar-refractivity contribution in [1.29, 1.82) is 0 Å². The molecule has 1 aliphatic heterocycles. The van der Waals surface area contributed by atoms with Gasteiger partial charge in [0.2, 0.25) is 11.7 Å². The zero-order valence-electron chi connectivity index (χ0n) is 23.1. The van der Waals surface area contributed by atoms with Crippen LogP contribution in [0.2, 0.25) is 0 Å². The summed E-state index contributed by atoms with van der Waals surface area (Å²) in [4.78, 5) is 30.4. The number of rotatable bonds is 8. The van der Waals surface area contributed by atoms with Crippen molar-refractivity contribution in [1.82, 2.24) is 9.80 Å². The first-order valence-corrected chi connectivity index (χ1v) is 12.9. The summed E-state index contributed by atoms with van der Waals surface area (Å²) in [6.45, 7) is 0.573. The molecule has 1 N–H and O–H groups in total. The fourth-order valence-corrected chi connectivity index (χ4v) is 5.22. The van der Waals surface area contributed by atoms with Crippen LogP contribution >= 0.6 is 0 Å². The van der Waals surface area contributed by atoms with Crippen LogP contribution in [0, 0.1) is 0 Å². The van der Waals surface area contributed by atoms with Gasteiger partial charge in [0.05, 0.1) is 48.2 Å². The highest BCUT2D eigenvalue weighted by atomic mass is 16.5. The molecule has 0 aromatic heterocycles. The Hall–Kier alpha value is -3.92. The Labute approximate surface area is 228 Å². The predicted octanol–water partition coefficient (Wildman–Crippen LogP) is 2.79. The second-order valence-corrected chi connectivity index (χ2v) is 9.43. The number of carbonyl (C=O) groups is 2. The van der Waals surface area contributed by atoms with Gasteiger partial charge in [-0.05, 0) is 60.7 Å². The van der Waals surface area contributed by atoms with Crippen molar-refractivity contribution < 1.29 is 38.4 Å². The van der Waals surface area contributed by atoms with E-state index in [1.165, 1.54) is 21.3 Å². The molecule has 210 valence electrons. The molecule has 4 rings (SSSR count). The van der Waals surface area contributed by atoms with Crippen molar-refractivity contribution in [3.63, 3.8) is 0 Å². The number of amides is 2. The number of aryl methyl sites for hydroxylation is 1. The maximum atomic E-state index is 13.6. The standard InChI is InChI=1S/C29H36N2O8/c1-35-23-12-18-7-6-8-19(11-20(18)13-24(23)36-2)28(33)30-9-10-31(22(16-30)17-32)29(34)21-14-25(37-3)27(39-5)26(15-21)38-4/h11-15,22,32H,6-10,16-17H2,1-5H3. The van der Waals surface area contributed by atoms with Crippen LogP contribution in [-0.2, 0) is 11.2 Å². The SMILES string of the molecule is COc1cc2c(cc1OC)CCCC(C(=O)N1CCN(C(=O)c3cc(OC)c(OC)c(OC)c3)C(CO)C1)=C2. The van der Waals surface area contributed by atoms with E-state index in [0.717, 1.165) is 24.0 Å². The highest BCUT2D eigenvalue weighted by Crippen LogP contribution is 2.39. The highest BCUT2D eigenvalue weighted by Gasteiger charge is 2.34. The first kappa shape index (κ1) is 28.1. The van der Waals surface area contributed by atoms with Gasteiger partial charge < -0.3 is 38.6 Å². The molecule has 2 amide bonds. The van der Waals surface area contributed by atoms with E-state index in [1.54, 1.807) is 36.2 Å². The van der Waals surface area contributed by atoms with Crippen LogP contribution in [0.4, 0.5) is 0 Å². The zero-order valence-corrected chi connectivity index (χ0v) is 23.1. The lowest BCUT2D eigenvalue weighted by molar-refractivity contribution is -0.130. The first-order valence-electron chi connectivity index (χ1n) is 12.9. The summed E-state index contributed by atoms with van der Waals surface area (Å²) in [5.74, 6) is 2.02. The van der Waals surface area contributed by atoms with Crippen molar-refractivity contribution in [2.45, 2.75) is 25.3 Å². The molecule has 1 unspecified atom stereocenters. The van der Waals surface area contributed by atoms with Gasteiger partial charge in [0.25, 0.3) is 5.91 Å². The third kappa shape index (κ3) is 5.61. The Balaban J connectivity index is 1.54. The third-order valence-corrected chi connectivity index (χ3v) is 7.30. The molecule has 1 atom stereocenters.